The van der Waals surface area contributed by atoms with Crippen molar-refractivity contribution in [2.45, 2.75) is 32.6 Å². The fourth-order valence-electron chi connectivity index (χ4n) is 1.09. The molecule has 0 amide bonds. The fourth-order valence-corrected chi connectivity index (χ4v) is 1.49. The zero-order valence-corrected chi connectivity index (χ0v) is 9.85. The monoisotopic (exact) mass is 237 g/mol. The molecule has 0 saturated carbocycles. The normalized spacial score (nSPS) is 11.6. The highest BCUT2D eigenvalue weighted by Crippen LogP contribution is 1.98. The summed E-state index contributed by atoms with van der Waals surface area (Å²) in [5.74, 6) is -0.270. The number of rotatable bonds is 9. The first kappa shape index (κ1) is 14.5. The van der Waals surface area contributed by atoms with Gasteiger partial charge in [0.15, 0.2) is 0 Å². The van der Waals surface area contributed by atoms with Gasteiger partial charge in [-0.25, -0.2) is 0 Å². The van der Waals surface area contributed by atoms with E-state index in [4.69, 9.17) is 4.55 Å². The smallest absolute Gasteiger partial charge is 0.266 e. The second kappa shape index (κ2) is 7.78. The second-order valence-electron chi connectivity index (χ2n) is 3.46. The standard InChI is InChI=1S/C9H19NO4S/c1-2-3-4-5-9(11)8-10-6-7-15(12,13)14/h10H,2-8H2,1H3,(H,12,13,14). The van der Waals surface area contributed by atoms with Crippen LogP contribution in [0, 0.1) is 0 Å². The van der Waals surface area contributed by atoms with Crippen LogP contribution in [0.4, 0.5) is 0 Å². The lowest BCUT2D eigenvalue weighted by Crippen LogP contribution is -2.28. The predicted octanol–water partition coefficient (Wildman–Crippen LogP) is 0.613. The van der Waals surface area contributed by atoms with E-state index < -0.39 is 10.1 Å². The van der Waals surface area contributed by atoms with Gasteiger partial charge in [0.1, 0.15) is 5.78 Å². The van der Waals surface area contributed by atoms with Crippen molar-refractivity contribution in [3.63, 3.8) is 0 Å². The van der Waals surface area contributed by atoms with E-state index >= 15 is 0 Å². The Balaban J connectivity index is 3.39. The molecule has 0 heterocycles. The maximum Gasteiger partial charge on any atom is 0.266 e. The lowest BCUT2D eigenvalue weighted by atomic mass is 10.1. The third kappa shape index (κ3) is 11.5. The van der Waals surface area contributed by atoms with E-state index in [1.807, 2.05) is 0 Å². The summed E-state index contributed by atoms with van der Waals surface area (Å²) >= 11 is 0. The van der Waals surface area contributed by atoms with Gasteiger partial charge in [-0.15, -0.1) is 0 Å². The predicted molar refractivity (Wildman–Crippen MR) is 58.4 cm³/mol. The number of hydrogen-bond donors (Lipinski definition) is 2. The Kier molecular flexibility index (Phi) is 7.54. The first-order valence-electron chi connectivity index (χ1n) is 5.13. The van der Waals surface area contributed by atoms with Crippen LogP contribution in [0.3, 0.4) is 0 Å². The Labute approximate surface area is 91.0 Å². The molecule has 0 rings (SSSR count). The molecule has 0 saturated heterocycles. The minimum Gasteiger partial charge on any atom is -0.309 e. The molecule has 0 aliphatic carbocycles. The van der Waals surface area contributed by atoms with E-state index in [0.717, 1.165) is 19.3 Å². The third-order valence-corrected chi connectivity index (χ3v) is 2.64. The van der Waals surface area contributed by atoms with Gasteiger partial charge in [0.05, 0.1) is 12.3 Å². The number of nitrogens with one attached hydrogen (secondary N) is 1. The Morgan fingerprint density at radius 2 is 2.00 bits per heavy atom. The van der Waals surface area contributed by atoms with Crippen molar-refractivity contribution in [3.05, 3.63) is 0 Å². The van der Waals surface area contributed by atoms with E-state index in [-0.39, 0.29) is 24.6 Å². The van der Waals surface area contributed by atoms with Gasteiger partial charge in [0.25, 0.3) is 10.1 Å². The van der Waals surface area contributed by atoms with E-state index in [2.05, 4.69) is 12.2 Å². The highest BCUT2D eigenvalue weighted by molar-refractivity contribution is 7.85. The van der Waals surface area contributed by atoms with Crippen LogP contribution >= 0.6 is 0 Å². The lowest BCUT2D eigenvalue weighted by Gasteiger charge is -2.02. The van der Waals surface area contributed by atoms with Crippen LogP contribution in [-0.4, -0.2) is 37.6 Å². The quantitative estimate of drug-likeness (QED) is 0.453. The molecule has 90 valence electrons. The second-order valence-corrected chi connectivity index (χ2v) is 5.03. The minimum atomic E-state index is -3.92. The molecular formula is C9H19NO4S. The van der Waals surface area contributed by atoms with E-state index in [9.17, 15) is 13.2 Å². The topological polar surface area (TPSA) is 83.5 Å². The molecule has 0 bridgehead atoms. The molecule has 0 fully saturated rings. The molecule has 0 spiro atoms. The van der Waals surface area contributed by atoms with Crippen LogP contribution < -0.4 is 5.32 Å². The number of hydrogen-bond acceptors (Lipinski definition) is 4. The van der Waals surface area contributed by atoms with Gasteiger partial charge in [0, 0.05) is 13.0 Å². The van der Waals surface area contributed by atoms with Crippen molar-refractivity contribution in [1.29, 1.82) is 0 Å². The van der Waals surface area contributed by atoms with Crippen LogP contribution in [0.15, 0.2) is 0 Å². The first-order chi connectivity index (χ1) is 6.95. The zero-order chi connectivity index (χ0) is 11.7. The molecule has 5 nitrogen and oxygen atoms in total. The van der Waals surface area contributed by atoms with Crippen molar-refractivity contribution in [3.8, 4) is 0 Å². The van der Waals surface area contributed by atoms with E-state index in [1.165, 1.54) is 0 Å². The number of unbranched alkanes of at least 4 members (excludes halogenated alkanes) is 2. The molecular weight excluding hydrogens is 218 g/mol. The summed E-state index contributed by atoms with van der Waals surface area (Å²) in [6, 6.07) is 0. The van der Waals surface area contributed by atoms with Crippen molar-refractivity contribution < 1.29 is 17.8 Å². The third-order valence-electron chi connectivity index (χ3n) is 1.92. The molecule has 0 unspecified atom stereocenters. The molecule has 0 aromatic carbocycles. The highest BCUT2D eigenvalue weighted by atomic mass is 32.2. The molecule has 0 radical (unpaired) electrons. The van der Waals surface area contributed by atoms with Gasteiger partial charge in [-0.1, -0.05) is 19.8 Å². The van der Waals surface area contributed by atoms with E-state index in [1.54, 1.807) is 0 Å². The summed E-state index contributed by atoms with van der Waals surface area (Å²) in [5, 5.41) is 2.68. The summed E-state index contributed by atoms with van der Waals surface area (Å²) in [6.07, 6.45) is 3.53. The zero-order valence-electron chi connectivity index (χ0n) is 9.03. The molecule has 0 aliphatic heterocycles. The average molecular weight is 237 g/mol. The Hall–Kier alpha value is -0.460. The van der Waals surface area contributed by atoms with Crippen LogP contribution in [0.25, 0.3) is 0 Å². The lowest BCUT2D eigenvalue weighted by molar-refractivity contribution is -0.118. The summed E-state index contributed by atoms with van der Waals surface area (Å²) in [7, 11) is -3.92. The number of Topliss-reactive ketones (excluding diaryl/α,β-unsaturated/α-hetero) is 1. The van der Waals surface area contributed by atoms with Crippen molar-refractivity contribution >= 4 is 15.9 Å². The number of carbonyl (C=O) groups excluding carboxylic acids is 1. The first-order valence-corrected chi connectivity index (χ1v) is 6.74. The van der Waals surface area contributed by atoms with Gasteiger partial charge in [-0.3, -0.25) is 9.35 Å². The van der Waals surface area contributed by atoms with Crippen molar-refractivity contribution in [2.75, 3.05) is 18.8 Å². The van der Waals surface area contributed by atoms with Crippen LogP contribution in [0.2, 0.25) is 0 Å². The minimum absolute atomic E-state index is 0.0822. The Bertz CT molecular complexity index is 274. The van der Waals surface area contributed by atoms with Gasteiger partial charge < -0.3 is 5.32 Å². The van der Waals surface area contributed by atoms with Crippen molar-refractivity contribution in [2.24, 2.45) is 0 Å². The SMILES string of the molecule is CCCCCC(=O)CNCCS(=O)(=O)O. The summed E-state index contributed by atoms with van der Waals surface area (Å²) in [5.41, 5.74) is 0. The molecule has 2 N–H and O–H groups in total. The largest absolute Gasteiger partial charge is 0.309 e. The molecule has 0 aromatic heterocycles. The van der Waals surface area contributed by atoms with Crippen LogP contribution in [0.1, 0.15) is 32.6 Å². The van der Waals surface area contributed by atoms with Crippen LogP contribution in [0.5, 0.6) is 0 Å². The molecule has 0 aromatic rings. The summed E-state index contributed by atoms with van der Waals surface area (Å²) < 4.78 is 29.0. The fraction of sp³-hybridized carbons (Fsp3) is 0.889. The maximum atomic E-state index is 11.2. The number of ketones is 1. The van der Waals surface area contributed by atoms with Crippen molar-refractivity contribution in [1.82, 2.24) is 5.32 Å². The van der Waals surface area contributed by atoms with Gasteiger partial charge in [-0.05, 0) is 6.42 Å². The van der Waals surface area contributed by atoms with Gasteiger partial charge >= 0.3 is 0 Å². The highest BCUT2D eigenvalue weighted by Gasteiger charge is 2.05. The van der Waals surface area contributed by atoms with Gasteiger partial charge in [-0.2, -0.15) is 8.42 Å². The number of carbonyl (C=O) groups is 1. The van der Waals surface area contributed by atoms with E-state index in [0.29, 0.717) is 6.42 Å². The molecule has 0 atom stereocenters. The summed E-state index contributed by atoms with van der Waals surface area (Å²) in [4.78, 5) is 11.2. The Morgan fingerprint density at radius 1 is 1.33 bits per heavy atom. The average Bonchev–Trinajstić information content (AvgIpc) is 2.11. The molecule has 6 heteroatoms. The van der Waals surface area contributed by atoms with Crippen LogP contribution in [-0.2, 0) is 14.9 Å². The Morgan fingerprint density at radius 3 is 2.53 bits per heavy atom. The maximum absolute atomic E-state index is 11.2. The molecule has 15 heavy (non-hydrogen) atoms. The summed E-state index contributed by atoms with van der Waals surface area (Å²) in [6.45, 7) is 2.35. The van der Waals surface area contributed by atoms with Gasteiger partial charge in [0.2, 0.25) is 0 Å². The molecule has 0 aliphatic rings.